The highest BCUT2D eigenvalue weighted by molar-refractivity contribution is 5.87. The maximum atomic E-state index is 11.9. The maximum Gasteiger partial charge on any atom is 0.328 e. The van der Waals surface area contributed by atoms with Crippen molar-refractivity contribution in [2.45, 2.75) is 38.5 Å². The number of aliphatic hydroxyl groups is 1. The Hall–Kier alpha value is -1.92. The number of benzene rings is 1. The summed E-state index contributed by atoms with van der Waals surface area (Å²) in [5.74, 6) is -1.11. The van der Waals surface area contributed by atoms with Gasteiger partial charge in [0, 0.05) is 6.42 Å². The molecule has 0 aliphatic carbocycles. The molecule has 0 spiro atoms. The predicted octanol–water partition coefficient (Wildman–Crippen LogP) is -0.0149. The lowest BCUT2D eigenvalue weighted by atomic mass is 10.1. The third-order valence-corrected chi connectivity index (χ3v) is 2.99. The molecule has 1 aromatic carbocycles. The first-order valence-corrected chi connectivity index (χ1v) is 6.90. The van der Waals surface area contributed by atoms with E-state index in [1.807, 2.05) is 30.3 Å². The fourth-order valence-corrected chi connectivity index (χ4v) is 1.77. The number of nitrogens with two attached hydrogens (primary N) is 1. The Labute approximate surface area is 124 Å². The molecule has 4 N–H and O–H groups in total. The summed E-state index contributed by atoms with van der Waals surface area (Å²) in [6, 6.07) is 7.36. The van der Waals surface area contributed by atoms with Gasteiger partial charge in [-0.3, -0.25) is 4.79 Å². The van der Waals surface area contributed by atoms with E-state index in [-0.39, 0.29) is 6.61 Å². The lowest BCUT2D eigenvalue weighted by Gasteiger charge is -2.21. The largest absolute Gasteiger partial charge is 0.464 e. The van der Waals surface area contributed by atoms with Gasteiger partial charge in [-0.25, -0.2) is 4.79 Å². The standard InChI is InChI=1S/C15H22N2O4/c1-3-21-15(20)12(9-11-7-5-4-6-8-11)17-14(19)13(16)10(2)18/h4-8,10,12-13,18H,3,9,16H2,1-2H3,(H,17,19)/t10?,12-,13?/m0/s1. The Kier molecular flexibility index (Phi) is 6.84. The number of hydrogen-bond acceptors (Lipinski definition) is 5. The highest BCUT2D eigenvalue weighted by Crippen LogP contribution is 2.05. The highest BCUT2D eigenvalue weighted by atomic mass is 16.5. The Morgan fingerprint density at radius 1 is 1.33 bits per heavy atom. The van der Waals surface area contributed by atoms with Crippen molar-refractivity contribution in [3.05, 3.63) is 35.9 Å². The molecule has 0 radical (unpaired) electrons. The van der Waals surface area contributed by atoms with Crippen LogP contribution in [0.2, 0.25) is 0 Å². The van der Waals surface area contributed by atoms with Crippen LogP contribution in [-0.4, -0.2) is 41.8 Å². The summed E-state index contributed by atoms with van der Waals surface area (Å²) in [4.78, 5) is 23.8. The van der Waals surface area contributed by atoms with Gasteiger partial charge in [0.25, 0.3) is 0 Å². The van der Waals surface area contributed by atoms with Crippen molar-refractivity contribution >= 4 is 11.9 Å². The molecule has 0 fully saturated rings. The first kappa shape index (κ1) is 17.1. The van der Waals surface area contributed by atoms with Crippen molar-refractivity contribution in [3.8, 4) is 0 Å². The summed E-state index contributed by atoms with van der Waals surface area (Å²) in [5, 5.41) is 11.9. The van der Waals surface area contributed by atoms with E-state index < -0.39 is 30.1 Å². The number of hydrogen-bond donors (Lipinski definition) is 3. The van der Waals surface area contributed by atoms with Crippen LogP contribution in [0, 0.1) is 0 Å². The van der Waals surface area contributed by atoms with Crippen molar-refractivity contribution in [1.82, 2.24) is 5.32 Å². The van der Waals surface area contributed by atoms with E-state index in [1.54, 1.807) is 6.92 Å². The second-order valence-corrected chi connectivity index (χ2v) is 4.77. The topological polar surface area (TPSA) is 102 Å². The van der Waals surface area contributed by atoms with Crippen LogP contribution in [0.25, 0.3) is 0 Å². The zero-order valence-electron chi connectivity index (χ0n) is 12.3. The molecular weight excluding hydrogens is 272 g/mol. The third kappa shape index (κ3) is 5.53. The molecule has 3 atom stereocenters. The van der Waals surface area contributed by atoms with E-state index >= 15 is 0 Å². The summed E-state index contributed by atoms with van der Waals surface area (Å²) < 4.78 is 4.96. The fraction of sp³-hybridized carbons (Fsp3) is 0.467. The molecule has 0 saturated carbocycles. The number of rotatable bonds is 7. The highest BCUT2D eigenvalue weighted by Gasteiger charge is 2.26. The van der Waals surface area contributed by atoms with Crippen LogP contribution in [0.1, 0.15) is 19.4 Å². The van der Waals surface area contributed by atoms with Crippen LogP contribution in [0.5, 0.6) is 0 Å². The van der Waals surface area contributed by atoms with Crippen LogP contribution >= 0.6 is 0 Å². The number of carbonyl (C=O) groups excluding carboxylic acids is 2. The molecule has 0 aliphatic rings. The van der Waals surface area contributed by atoms with E-state index in [9.17, 15) is 14.7 Å². The maximum absolute atomic E-state index is 11.9. The number of aliphatic hydroxyl groups excluding tert-OH is 1. The minimum atomic E-state index is -1.09. The van der Waals surface area contributed by atoms with Gasteiger partial charge in [-0.15, -0.1) is 0 Å². The molecule has 1 aromatic rings. The van der Waals surface area contributed by atoms with Crippen molar-refractivity contribution in [2.24, 2.45) is 5.73 Å². The van der Waals surface area contributed by atoms with Gasteiger partial charge in [-0.2, -0.15) is 0 Å². The van der Waals surface area contributed by atoms with Gasteiger partial charge >= 0.3 is 5.97 Å². The predicted molar refractivity (Wildman–Crippen MR) is 78.4 cm³/mol. The van der Waals surface area contributed by atoms with Crippen LogP contribution in [0.4, 0.5) is 0 Å². The molecular formula is C15H22N2O4. The zero-order chi connectivity index (χ0) is 15.8. The van der Waals surface area contributed by atoms with Gasteiger partial charge in [-0.05, 0) is 19.4 Å². The quantitative estimate of drug-likeness (QED) is 0.614. The SMILES string of the molecule is CCOC(=O)[C@H](Cc1ccccc1)NC(=O)C(N)C(C)O. The molecule has 1 amide bonds. The van der Waals surface area contributed by atoms with E-state index in [0.717, 1.165) is 5.56 Å². The Morgan fingerprint density at radius 3 is 2.48 bits per heavy atom. The molecule has 0 bridgehead atoms. The number of esters is 1. The molecule has 21 heavy (non-hydrogen) atoms. The van der Waals surface area contributed by atoms with E-state index in [2.05, 4.69) is 5.32 Å². The second kappa shape index (κ2) is 8.39. The van der Waals surface area contributed by atoms with Gasteiger partial charge in [0.2, 0.25) is 5.91 Å². The van der Waals surface area contributed by atoms with Crippen molar-refractivity contribution in [2.75, 3.05) is 6.61 Å². The fourth-order valence-electron chi connectivity index (χ4n) is 1.77. The molecule has 2 unspecified atom stereocenters. The smallest absolute Gasteiger partial charge is 0.328 e. The van der Waals surface area contributed by atoms with Gasteiger partial charge in [-0.1, -0.05) is 30.3 Å². The van der Waals surface area contributed by atoms with Crippen LogP contribution in [0.15, 0.2) is 30.3 Å². The Balaban J connectivity index is 2.78. The first-order valence-electron chi connectivity index (χ1n) is 6.90. The molecule has 0 saturated heterocycles. The van der Waals surface area contributed by atoms with E-state index in [0.29, 0.717) is 6.42 Å². The van der Waals surface area contributed by atoms with E-state index in [4.69, 9.17) is 10.5 Å². The summed E-state index contributed by atoms with van der Waals surface area (Å²) in [6.45, 7) is 3.34. The summed E-state index contributed by atoms with van der Waals surface area (Å²) in [5.41, 5.74) is 6.45. The molecule has 6 heteroatoms. The molecule has 6 nitrogen and oxygen atoms in total. The van der Waals surface area contributed by atoms with Crippen molar-refractivity contribution in [3.63, 3.8) is 0 Å². The summed E-state index contributed by atoms with van der Waals surface area (Å²) >= 11 is 0. The average Bonchev–Trinajstić information content (AvgIpc) is 2.46. The number of ether oxygens (including phenoxy) is 1. The van der Waals surface area contributed by atoms with Crippen LogP contribution in [-0.2, 0) is 20.7 Å². The molecule has 0 aliphatic heterocycles. The number of nitrogens with one attached hydrogen (secondary N) is 1. The average molecular weight is 294 g/mol. The normalized spacial score (nSPS) is 14.9. The van der Waals surface area contributed by atoms with Gasteiger partial charge in [0.1, 0.15) is 12.1 Å². The Morgan fingerprint density at radius 2 is 1.95 bits per heavy atom. The van der Waals surface area contributed by atoms with Crippen molar-refractivity contribution < 1.29 is 19.4 Å². The van der Waals surface area contributed by atoms with E-state index in [1.165, 1.54) is 6.92 Å². The molecule has 0 aromatic heterocycles. The molecule has 1 rings (SSSR count). The van der Waals surface area contributed by atoms with Crippen molar-refractivity contribution in [1.29, 1.82) is 0 Å². The minimum absolute atomic E-state index is 0.225. The summed E-state index contributed by atoms with van der Waals surface area (Å²) in [6.07, 6.45) is -0.692. The monoisotopic (exact) mass is 294 g/mol. The number of amides is 1. The van der Waals surface area contributed by atoms with Gasteiger partial charge < -0.3 is 20.9 Å². The lowest BCUT2D eigenvalue weighted by molar-refractivity contribution is -0.147. The third-order valence-electron chi connectivity index (χ3n) is 2.99. The summed E-state index contributed by atoms with van der Waals surface area (Å²) in [7, 11) is 0. The van der Waals surface area contributed by atoms with Crippen LogP contribution in [0.3, 0.4) is 0 Å². The minimum Gasteiger partial charge on any atom is -0.464 e. The first-order chi connectivity index (χ1) is 9.95. The number of carbonyl (C=O) groups is 2. The lowest BCUT2D eigenvalue weighted by Crippen LogP contribution is -2.53. The second-order valence-electron chi connectivity index (χ2n) is 4.77. The zero-order valence-corrected chi connectivity index (χ0v) is 12.3. The molecule has 0 heterocycles. The Bertz CT molecular complexity index is 462. The van der Waals surface area contributed by atoms with Gasteiger partial charge in [0.15, 0.2) is 0 Å². The van der Waals surface area contributed by atoms with Crippen LogP contribution < -0.4 is 11.1 Å². The molecule has 116 valence electrons. The van der Waals surface area contributed by atoms with Gasteiger partial charge in [0.05, 0.1) is 12.7 Å².